The van der Waals surface area contributed by atoms with E-state index in [1.807, 2.05) is 25.1 Å². The number of nitrogens with one attached hydrogen (secondary N) is 1. The van der Waals surface area contributed by atoms with Crippen LogP contribution in [-0.2, 0) is 11.3 Å². The molecule has 1 N–H and O–H groups in total. The fraction of sp³-hybridized carbons (Fsp3) is 0.467. The van der Waals surface area contributed by atoms with E-state index in [4.69, 9.17) is 4.42 Å². The number of benzene rings is 1. The Bertz CT molecular complexity index is 597. The molecule has 1 amide bonds. The van der Waals surface area contributed by atoms with Crippen LogP contribution in [0.25, 0.3) is 11.1 Å². The molecule has 100 valence electrons. The van der Waals surface area contributed by atoms with Crippen LogP contribution in [-0.4, -0.2) is 10.9 Å². The molecule has 1 aromatic carbocycles. The van der Waals surface area contributed by atoms with Crippen molar-refractivity contribution < 1.29 is 9.21 Å². The summed E-state index contributed by atoms with van der Waals surface area (Å²) < 4.78 is 5.43. The number of hydrogen-bond donors (Lipinski definition) is 1. The maximum absolute atomic E-state index is 11.9. The topological polar surface area (TPSA) is 55.1 Å². The Hall–Kier alpha value is -1.84. The van der Waals surface area contributed by atoms with Crippen LogP contribution in [0.4, 0.5) is 0 Å². The monoisotopic (exact) mass is 258 g/mol. The van der Waals surface area contributed by atoms with E-state index in [0.717, 1.165) is 29.5 Å². The van der Waals surface area contributed by atoms with Gasteiger partial charge in [-0.3, -0.25) is 4.79 Å². The largest absolute Gasteiger partial charge is 0.441 e. The molecule has 0 aliphatic heterocycles. The summed E-state index contributed by atoms with van der Waals surface area (Å²) in [5.41, 5.74) is 2.71. The summed E-state index contributed by atoms with van der Waals surface area (Å²) in [6.07, 6.45) is 4.44. The average Bonchev–Trinajstić information content (AvgIpc) is 3.03. The van der Waals surface area contributed by atoms with Crippen LogP contribution in [0.3, 0.4) is 0 Å². The minimum atomic E-state index is 0.189. The zero-order valence-electron chi connectivity index (χ0n) is 11.1. The van der Waals surface area contributed by atoms with E-state index in [1.54, 1.807) is 0 Å². The van der Waals surface area contributed by atoms with Crippen LogP contribution in [0.1, 0.15) is 37.1 Å². The second kappa shape index (κ2) is 5.03. The predicted octanol–water partition coefficient (Wildman–Crippen LogP) is 2.94. The second-order valence-electron chi connectivity index (χ2n) is 5.23. The van der Waals surface area contributed by atoms with Crippen molar-refractivity contribution in [2.24, 2.45) is 5.92 Å². The molecule has 1 aliphatic carbocycles. The SMILES string of the molecule is Cc1nc2cc(CNC(=O)C3CCCC3)ccc2o1. The average molecular weight is 258 g/mol. The zero-order valence-corrected chi connectivity index (χ0v) is 11.1. The van der Waals surface area contributed by atoms with E-state index >= 15 is 0 Å². The van der Waals surface area contributed by atoms with E-state index in [-0.39, 0.29) is 11.8 Å². The van der Waals surface area contributed by atoms with Gasteiger partial charge in [0, 0.05) is 19.4 Å². The maximum atomic E-state index is 11.9. The third kappa shape index (κ3) is 2.62. The number of rotatable bonds is 3. The first-order valence-electron chi connectivity index (χ1n) is 6.86. The predicted molar refractivity (Wildman–Crippen MR) is 72.6 cm³/mol. The van der Waals surface area contributed by atoms with Crippen LogP contribution >= 0.6 is 0 Å². The van der Waals surface area contributed by atoms with E-state index in [9.17, 15) is 4.79 Å². The minimum Gasteiger partial charge on any atom is -0.441 e. The standard InChI is InChI=1S/C15H18N2O2/c1-10-17-13-8-11(6-7-14(13)19-10)9-16-15(18)12-4-2-3-5-12/h6-8,12H,2-5,9H2,1H3,(H,16,18). The second-order valence-corrected chi connectivity index (χ2v) is 5.23. The van der Waals surface area contributed by atoms with Gasteiger partial charge in [0.1, 0.15) is 5.52 Å². The smallest absolute Gasteiger partial charge is 0.223 e. The quantitative estimate of drug-likeness (QED) is 0.920. The highest BCUT2D eigenvalue weighted by Gasteiger charge is 2.22. The van der Waals surface area contributed by atoms with Gasteiger partial charge in [-0.05, 0) is 30.5 Å². The number of aromatic nitrogens is 1. The molecule has 0 spiro atoms. The van der Waals surface area contributed by atoms with Gasteiger partial charge in [0.05, 0.1) is 0 Å². The molecule has 2 aromatic rings. The van der Waals surface area contributed by atoms with Crippen LogP contribution < -0.4 is 5.32 Å². The Morgan fingerprint density at radius 2 is 2.21 bits per heavy atom. The van der Waals surface area contributed by atoms with Crippen molar-refractivity contribution >= 4 is 17.0 Å². The van der Waals surface area contributed by atoms with Gasteiger partial charge in [-0.25, -0.2) is 4.98 Å². The summed E-state index contributed by atoms with van der Waals surface area (Å²) in [6, 6.07) is 5.86. The first kappa shape index (κ1) is 12.2. The van der Waals surface area contributed by atoms with Crippen molar-refractivity contribution in [1.29, 1.82) is 0 Å². The fourth-order valence-corrected chi connectivity index (χ4v) is 2.72. The first-order valence-corrected chi connectivity index (χ1v) is 6.86. The highest BCUT2D eigenvalue weighted by Crippen LogP contribution is 2.24. The van der Waals surface area contributed by atoms with E-state index < -0.39 is 0 Å². The molecule has 0 bridgehead atoms. The van der Waals surface area contributed by atoms with Gasteiger partial charge in [0.2, 0.25) is 5.91 Å². The molecule has 0 saturated heterocycles. The molecule has 1 fully saturated rings. The molecular formula is C15H18N2O2. The Morgan fingerprint density at radius 1 is 1.42 bits per heavy atom. The lowest BCUT2D eigenvalue weighted by molar-refractivity contribution is -0.124. The summed E-state index contributed by atoms with van der Waals surface area (Å²) in [7, 11) is 0. The van der Waals surface area contributed by atoms with Crippen molar-refractivity contribution in [1.82, 2.24) is 10.3 Å². The van der Waals surface area contributed by atoms with Gasteiger partial charge >= 0.3 is 0 Å². The molecule has 0 unspecified atom stereocenters. The van der Waals surface area contributed by atoms with Crippen molar-refractivity contribution in [3.63, 3.8) is 0 Å². The first-order chi connectivity index (χ1) is 9.22. The summed E-state index contributed by atoms with van der Waals surface area (Å²) in [6.45, 7) is 2.40. The molecule has 4 heteroatoms. The van der Waals surface area contributed by atoms with Crippen molar-refractivity contribution in [2.45, 2.75) is 39.2 Å². The maximum Gasteiger partial charge on any atom is 0.223 e. The normalized spacial score (nSPS) is 16.1. The van der Waals surface area contributed by atoms with Gasteiger partial charge in [-0.15, -0.1) is 0 Å². The van der Waals surface area contributed by atoms with Crippen LogP contribution in [0.2, 0.25) is 0 Å². The molecule has 0 atom stereocenters. The Morgan fingerprint density at radius 3 is 3.00 bits per heavy atom. The molecule has 1 aliphatic rings. The molecule has 19 heavy (non-hydrogen) atoms. The molecular weight excluding hydrogens is 240 g/mol. The number of oxazole rings is 1. The van der Waals surface area contributed by atoms with Crippen molar-refractivity contribution in [3.05, 3.63) is 29.7 Å². The molecule has 1 aromatic heterocycles. The van der Waals surface area contributed by atoms with Gasteiger partial charge in [-0.1, -0.05) is 18.9 Å². The Kier molecular flexibility index (Phi) is 3.23. The van der Waals surface area contributed by atoms with Crippen LogP contribution in [0, 0.1) is 12.8 Å². The highest BCUT2D eigenvalue weighted by atomic mass is 16.3. The summed E-state index contributed by atoms with van der Waals surface area (Å²) in [5.74, 6) is 1.08. The molecule has 1 heterocycles. The number of amides is 1. The third-order valence-corrected chi connectivity index (χ3v) is 3.75. The third-order valence-electron chi connectivity index (χ3n) is 3.75. The fourth-order valence-electron chi connectivity index (χ4n) is 2.72. The number of fused-ring (bicyclic) bond motifs is 1. The number of hydrogen-bond acceptors (Lipinski definition) is 3. The Labute approximate surface area is 112 Å². The lowest BCUT2D eigenvalue weighted by Gasteiger charge is -2.10. The number of nitrogens with zero attached hydrogens (tertiary/aromatic N) is 1. The summed E-state index contributed by atoms with van der Waals surface area (Å²) >= 11 is 0. The van der Waals surface area contributed by atoms with E-state index in [2.05, 4.69) is 10.3 Å². The number of carbonyl (C=O) groups is 1. The van der Waals surface area contributed by atoms with Crippen LogP contribution in [0.5, 0.6) is 0 Å². The lowest BCUT2D eigenvalue weighted by Crippen LogP contribution is -2.28. The van der Waals surface area contributed by atoms with Crippen molar-refractivity contribution in [2.75, 3.05) is 0 Å². The van der Waals surface area contributed by atoms with E-state index in [1.165, 1.54) is 12.8 Å². The van der Waals surface area contributed by atoms with Gasteiger partial charge < -0.3 is 9.73 Å². The minimum absolute atomic E-state index is 0.189. The number of carbonyl (C=O) groups excluding carboxylic acids is 1. The number of aryl methyl sites for hydroxylation is 1. The molecule has 4 nitrogen and oxygen atoms in total. The summed E-state index contributed by atoms with van der Waals surface area (Å²) in [5, 5.41) is 3.02. The molecule has 1 saturated carbocycles. The highest BCUT2D eigenvalue weighted by molar-refractivity contribution is 5.79. The lowest BCUT2D eigenvalue weighted by atomic mass is 10.1. The summed E-state index contributed by atoms with van der Waals surface area (Å²) in [4.78, 5) is 16.2. The van der Waals surface area contributed by atoms with Gasteiger partial charge in [-0.2, -0.15) is 0 Å². The van der Waals surface area contributed by atoms with E-state index in [0.29, 0.717) is 12.4 Å². The van der Waals surface area contributed by atoms with Crippen molar-refractivity contribution in [3.8, 4) is 0 Å². The Balaban J connectivity index is 1.65. The molecule has 3 rings (SSSR count). The molecule has 0 radical (unpaired) electrons. The van der Waals surface area contributed by atoms with Gasteiger partial charge in [0.25, 0.3) is 0 Å². The zero-order chi connectivity index (χ0) is 13.2. The van der Waals surface area contributed by atoms with Gasteiger partial charge in [0.15, 0.2) is 11.5 Å². The van der Waals surface area contributed by atoms with Crippen LogP contribution in [0.15, 0.2) is 22.6 Å².